The molecule has 0 atom stereocenters. The minimum atomic E-state index is -0.881. The Balaban J connectivity index is -0.0000000159. The van der Waals surface area contributed by atoms with E-state index in [1.165, 1.54) is 0 Å². The quantitative estimate of drug-likeness (QED) is 0.269. The molecule has 0 saturated carbocycles. The molecule has 3 N–H and O–H groups in total. The van der Waals surface area contributed by atoms with Crippen LogP contribution in [0.3, 0.4) is 0 Å². The van der Waals surface area contributed by atoms with Gasteiger partial charge in [0.2, 0.25) is 0 Å². The largest absolute Gasteiger partial charge is 0 e. The van der Waals surface area contributed by atoms with Crippen LogP contribution in [0.25, 0.3) is 0 Å². The van der Waals surface area contributed by atoms with E-state index in [1.807, 2.05) is 0 Å². The molecule has 0 aliphatic carbocycles. The molecule has 0 heterocycles. The average molecular weight is 493 g/mol. The third-order valence-electron chi connectivity index (χ3n) is 0.135. The molecule has 0 fully saturated rings. The van der Waals surface area contributed by atoms with E-state index in [0.717, 1.165) is 13.8 Å². The van der Waals surface area contributed by atoms with Crippen molar-refractivity contribution in [2.75, 3.05) is 5.75 Å². The number of halogens is 1. The van der Waals surface area contributed by atoms with Gasteiger partial charge in [0.05, 0.1) is 5.75 Å². The minimum Gasteiger partial charge on any atom is 0 e. The maximum atomic E-state index is 9.29. The molecule has 0 aliphatic rings. The summed E-state index contributed by atoms with van der Waals surface area (Å²) in [7, 11) is 0. The van der Waals surface area contributed by atoms with Crippen LogP contribution in [0.4, 0.5) is 0 Å². The molecule has 0 unspecified atom stereocenters. The van der Waals surface area contributed by atoms with E-state index in [0.29, 0.717) is 0 Å². The second-order valence-electron chi connectivity index (χ2n) is 1.59. The Morgan fingerprint density at radius 2 is 1.00 bits per heavy atom. The van der Waals surface area contributed by atoms with E-state index < -0.39 is 17.9 Å². The molecule has 0 amide bonds. The van der Waals surface area contributed by atoms with Crippen molar-refractivity contribution >= 4 is 134 Å². The molecule has 0 rings (SSSR count). The van der Waals surface area contributed by atoms with Crippen molar-refractivity contribution in [1.82, 2.24) is 0 Å². The maximum absolute atomic E-state index is 9.29. The van der Waals surface area contributed by atoms with Gasteiger partial charge in [-0.25, -0.2) is 0 Å². The van der Waals surface area contributed by atoms with Gasteiger partial charge in [-0.1, -0.05) is 0 Å². The Hall–Kier alpha value is 2.63. The number of carboxylic acids is 3. The van der Waals surface area contributed by atoms with Gasteiger partial charge in [-0.15, -0.1) is 12.4 Å². The van der Waals surface area contributed by atoms with Crippen molar-refractivity contribution in [3.8, 4) is 0 Å². The fraction of sp³-hybridized carbons (Fsp3) is 0.500. The molecule has 0 radical (unpaired) electrons. The van der Waals surface area contributed by atoms with Crippen LogP contribution in [-0.4, -0.2) is 130 Å². The number of hydrogen-bond donors (Lipinski definition) is 4. The number of carbonyl (C=O) groups is 3. The number of rotatable bonds is 1. The first-order valence-corrected chi connectivity index (χ1v) is 3.59. The standard InChI is InChI=1S/C2H4O2S.2C2H4O2.ClH.2Sr.Zn.4H/c3-2(4)1-5;2*1-2(3)4;;;;;;;;/h5H,1H2,(H,3,4);2*1H3,(H,3,4);1H;;;;;;;. The monoisotopic (exact) mass is 492 g/mol. The molecule has 96 valence electrons. The molecule has 0 aromatic rings. The second kappa shape index (κ2) is 36.3. The Morgan fingerprint density at radius 3 is 1.00 bits per heavy atom. The van der Waals surface area contributed by atoms with Crippen LogP contribution in [0.15, 0.2) is 0 Å². The molecule has 0 aliphatic heterocycles. The summed E-state index contributed by atoms with van der Waals surface area (Å²) in [5, 5.41) is 22.5. The predicted molar refractivity (Wildman–Crippen MR) is 72.4 cm³/mol. The first kappa shape index (κ1) is 42.7. The molecule has 0 aromatic carbocycles. The van der Waals surface area contributed by atoms with Gasteiger partial charge in [0.15, 0.2) is 0 Å². The molecule has 17 heavy (non-hydrogen) atoms. The van der Waals surface area contributed by atoms with E-state index in [4.69, 9.17) is 24.9 Å². The maximum Gasteiger partial charge on any atom is 0 e. The molecule has 0 saturated heterocycles. The van der Waals surface area contributed by atoms with Crippen molar-refractivity contribution in [2.24, 2.45) is 0 Å². The van der Waals surface area contributed by atoms with Crippen LogP contribution < -0.4 is 0 Å². The Labute approximate surface area is 198 Å². The van der Waals surface area contributed by atoms with Crippen molar-refractivity contribution < 1.29 is 49.2 Å². The number of hydrogen-bond acceptors (Lipinski definition) is 4. The third kappa shape index (κ3) is 240. The molecular weight excluding hydrogens is 476 g/mol. The van der Waals surface area contributed by atoms with Crippen LogP contribution in [0.1, 0.15) is 13.8 Å². The van der Waals surface area contributed by atoms with E-state index in [2.05, 4.69) is 12.6 Å². The summed E-state index contributed by atoms with van der Waals surface area (Å²) < 4.78 is 0. The summed E-state index contributed by atoms with van der Waals surface area (Å²) in [5.74, 6) is -2.63. The molecule has 0 bridgehead atoms. The zero-order valence-corrected chi connectivity index (χ0v) is 13.0. The topological polar surface area (TPSA) is 112 Å². The van der Waals surface area contributed by atoms with Gasteiger partial charge < -0.3 is 15.3 Å². The minimum absolute atomic E-state index is 0. The predicted octanol–water partition coefficient (Wildman–Crippen LogP) is -1.23. The fourth-order valence-electron chi connectivity index (χ4n) is 0. The Morgan fingerprint density at radius 1 is 0.941 bits per heavy atom. The van der Waals surface area contributed by atoms with Crippen LogP contribution in [0, 0.1) is 0 Å². The summed E-state index contributed by atoms with van der Waals surface area (Å²) >= 11 is 3.42. The first-order valence-electron chi connectivity index (χ1n) is 2.95. The van der Waals surface area contributed by atoms with E-state index in [9.17, 15) is 4.79 Å². The fourth-order valence-corrected chi connectivity index (χ4v) is 0. The van der Waals surface area contributed by atoms with Gasteiger partial charge in [0.25, 0.3) is 11.9 Å². The Kier molecular flexibility index (Phi) is 91.2. The van der Waals surface area contributed by atoms with Gasteiger partial charge in [-0.3, -0.25) is 14.4 Å². The van der Waals surface area contributed by atoms with E-state index in [1.54, 1.807) is 0 Å². The first-order chi connectivity index (χ1) is 5.73. The van der Waals surface area contributed by atoms with E-state index >= 15 is 0 Å². The summed E-state index contributed by atoms with van der Waals surface area (Å²) in [4.78, 5) is 27.3. The van der Waals surface area contributed by atoms with Crippen LogP contribution in [0.2, 0.25) is 0 Å². The molecule has 0 aromatic heterocycles. The van der Waals surface area contributed by atoms with E-state index in [-0.39, 0.29) is 129 Å². The summed E-state index contributed by atoms with van der Waals surface area (Å²) in [5.41, 5.74) is 0. The van der Waals surface area contributed by atoms with Crippen molar-refractivity contribution in [1.29, 1.82) is 0 Å². The zero-order valence-electron chi connectivity index (χ0n) is 8.34. The van der Waals surface area contributed by atoms with Gasteiger partial charge in [-0.05, 0) is 0 Å². The molecule has 0 spiro atoms. The molecule has 6 nitrogen and oxygen atoms in total. The van der Waals surface area contributed by atoms with Crippen molar-refractivity contribution in [3.05, 3.63) is 0 Å². The summed E-state index contributed by atoms with van der Waals surface area (Å²) in [6.45, 7) is 2.17. The van der Waals surface area contributed by atoms with Gasteiger partial charge in [0.1, 0.15) is 0 Å². The zero-order chi connectivity index (χ0) is 11.4. The summed E-state index contributed by atoms with van der Waals surface area (Å²) in [6.07, 6.45) is 0. The SMILES string of the molecule is CC(=O)O.CC(=O)O.Cl.O=C(O)CS.[SrH2].[SrH2].[Zn]. The average Bonchev–Trinajstić information content (AvgIpc) is 1.84. The number of thiol groups is 1. The second-order valence-corrected chi connectivity index (χ2v) is 1.91. The van der Waals surface area contributed by atoms with Crippen LogP contribution in [-0.2, 0) is 33.9 Å². The van der Waals surface area contributed by atoms with Gasteiger partial charge in [-0.2, -0.15) is 12.6 Å². The van der Waals surface area contributed by atoms with Gasteiger partial charge in [0, 0.05) is 33.3 Å². The summed E-state index contributed by atoms with van der Waals surface area (Å²) in [6, 6.07) is 0. The number of carboxylic acid groups (broad SMARTS) is 3. The van der Waals surface area contributed by atoms with Gasteiger partial charge >= 0.3 is 96.9 Å². The van der Waals surface area contributed by atoms with Crippen molar-refractivity contribution in [2.45, 2.75) is 13.8 Å². The van der Waals surface area contributed by atoms with Crippen LogP contribution >= 0.6 is 25.0 Å². The third-order valence-corrected chi connectivity index (χ3v) is 0.406. The number of aliphatic carboxylic acids is 3. The smallest absolute Gasteiger partial charge is 0 e. The molecular formula is C6H17ClO6SSr2Zn. The van der Waals surface area contributed by atoms with Crippen molar-refractivity contribution in [3.63, 3.8) is 0 Å². The Bertz CT molecular complexity index is 166. The molecule has 11 heteroatoms. The van der Waals surface area contributed by atoms with Crippen LogP contribution in [0.5, 0.6) is 0 Å². The normalized spacial score (nSPS) is 5.12.